The SMILES string of the molecule is CC(C)CNc1nc(-c2ccc(F)c(C(=O)NC(C)C)c2)cn2c(-c3ccc(C(=O)NC4CC4)cc3)cnc12. The Morgan fingerprint density at radius 2 is 1.74 bits per heavy atom. The molecule has 2 amide bonds. The van der Waals surface area contributed by atoms with E-state index in [1.165, 1.54) is 12.1 Å². The summed E-state index contributed by atoms with van der Waals surface area (Å²) in [4.78, 5) is 34.5. The van der Waals surface area contributed by atoms with E-state index < -0.39 is 11.7 Å². The van der Waals surface area contributed by atoms with Gasteiger partial charge < -0.3 is 16.0 Å². The van der Waals surface area contributed by atoms with Gasteiger partial charge in [-0.15, -0.1) is 0 Å². The molecule has 0 bridgehead atoms. The van der Waals surface area contributed by atoms with Crippen LogP contribution in [-0.2, 0) is 0 Å². The zero-order chi connectivity index (χ0) is 27.7. The molecule has 0 unspecified atom stereocenters. The summed E-state index contributed by atoms with van der Waals surface area (Å²) in [5, 5.41) is 9.14. The van der Waals surface area contributed by atoms with Crippen LogP contribution < -0.4 is 16.0 Å². The fraction of sp³-hybridized carbons (Fsp3) is 0.333. The van der Waals surface area contributed by atoms with Crippen LogP contribution in [0.1, 0.15) is 61.3 Å². The highest BCUT2D eigenvalue weighted by molar-refractivity contribution is 5.96. The van der Waals surface area contributed by atoms with Crippen molar-refractivity contribution in [1.29, 1.82) is 0 Å². The highest BCUT2D eigenvalue weighted by Crippen LogP contribution is 2.29. The van der Waals surface area contributed by atoms with Crippen molar-refractivity contribution in [1.82, 2.24) is 25.0 Å². The quantitative estimate of drug-likeness (QED) is 0.274. The summed E-state index contributed by atoms with van der Waals surface area (Å²) < 4.78 is 16.5. The van der Waals surface area contributed by atoms with Crippen LogP contribution in [-0.4, -0.2) is 44.8 Å². The van der Waals surface area contributed by atoms with Crippen molar-refractivity contribution in [3.63, 3.8) is 0 Å². The number of rotatable bonds is 9. The molecule has 8 nitrogen and oxygen atoms in total. The minimum absolute atomic E-state index is 0.0364. The standard InChI is InChI=1S/C30H33FN6O2/c1-17(2)14-32-27-28-33-15-26(19-5-7-20(8-6-19)29(38)35-22-10-11-22)37(28)16-25(36-27)21-9-12-24(31)23(13-21)30(39)34-18(3)4/h5-9,12-13,15-18,22H,10-11,14H2,1-4H3,(H,32,36)(H,34,39)(H,35,38). The van der Waals surface area contributed by atoms with E-state index in [0.29, 0.717) is 46.8 Å². The fourth-order valence-corrected chi connectivity index (χ4v) is 4.25. The van der Waals surface area contributed by atoms with E-state index in [-0.39, 0.29) is 17.5 Å². The van der Waals surface area contributed by atoms with Crippen molar-refractivity contribution < 1.29 is 14.0 Å². The summed E-state index contributed by atoms with van der Waals surface area (Å²) in [6.07, 6.45) is 5.68. The van der Waals surface area contributed by atoms with Gasteiger partial charge in [-0.1, -0.05) is 26.0 Å². The summed E-state index contributed by atoms with van der Waals surface area (Å²) in [7, 11) is 0. The maximum Gasteiger partial charge on any atom is 0.254 e. The van der Waals surface area contributed by atoms with Gasteiger partial charge in [-0.25, -0.2) is 14.4 Å². The largest absolute Gasteiger partial charge is 0.367 e. The number of anilines is 1. The van der Waals surface area contributed by atoms with Gasteiger partial charge in [0.2, 0.25) is 0 Å². The number of nitrogens with zero attached hydrogens (tertiary/aromatic N) is 3. The number of fused-ring (bicyclic) bond motifs is 1. The smallest absolute Gasteiger partial charge is 0.254 e. The lowest BCUT2D eigenvalue weighted by Crippen LogP contribution is -2.30. The second kappa shape index (κ2) is 10.8. The first-order valence-corrected chi connectivity index (χ1v) is 13.3. The molecule has 39 heavy (non-hydrogen) atoms. The molecule has 2 aromatic heterocycles. The van der Waals surface area contributed by atoms with Gasteiger partial charge in [0.15, 0.2) is 11.5 Å². The number of benzene rings is 2. The van der Waals surface area contributed by atoms with Crippen LogP contribution in [0.2, 0.25) is 0 Å². The third kappa shape index (κ3) is 5.92. The van der Waals surface area contributed by atoms with Gasteiger partial charge in [-0.2, -0.15) is 0 Å². The van der Waals surface area contributed by atoms with Crippen LogP contribution in [0.3, 0.4) is 0 Å². The van der Waals surface area contributed by atoms with Crippen LogP contribution in [0.25, 0.3) is 28.2 Å². The lowest BCUT2D eigenvalue weighted by molar-refractivity contribution is 0.0934. The number of nitrogens with one attached hydrogen (secondary N) is 3. The van der Waals surface area contributed by atoms with Gasteiger partial charge in [0.05, 0.1) is 23.1 Å². The molecule has 0 radical (unpaired) electrons. The first-order chi connectivity index (χ1) is 18.7. The van der Waals surface area contributed by atoms with E-state index in [1.54, 1.807) is 12.3 Å². The molecule has 1 saturated carbocycles. The second-order valence-corrected chi connectivity index (χ2v) is 10.7. The first-order valence-electron chi connectivity index (χ1n) is 13.3. The molecule has 2 aromatic carbocycles. The summed E-state index contributed by atoms with van der Waals surface area (Å²) in [5.41, 5.74) is 4.08. The number of amides is 2. The molecular formula is C30H33FN6O2. The van der Waals surface area contributed by atoms with E-state index in [0.717, 1.165) is 24.1 Å². The number of halogens is 1. The van der Waals surface area contributed by atoms with Crippen LogP contribution in [0.5, 0.6) is 0 Å². The topological polar surface area (TPSA) is 100 Å². The number of hydrogen-bond donors (Lipinski definition) is 3. The van der Waals surface area contributed by atoms with E-state index >= 15 is 0 Å². The summed E-state index contributed by atoms with van der Waals surface area (Å²) in [5.74, 6) is -0.174. The van der Waals surface area contributed by atoms with E-state index in [2.05, 4.69) is 34.8 Å². The number of hydrogen-bond acceptors (Lipinski definition) is 5. The summed E-state index contributed by atoms with van der Waals surface area (Å²) in [6.45, 7) is 8.55. The van der Waals surface area contributed by atoms with Crippen molar-refractivity contribution in [3.8, 4) is 22.5 Å². The van der Waals surface area contributed by atoms with E-state index in [9.17, 15) is 14.0 Å². The van der Waals surface area contributed by atoms with Gasteiger partial charge >= 0.3 is 0 Å². The van der Waals surface area contributed by atoms with E-state index in [1.807, 2.05) is 48.7 Å². The van der Waals surface area contributed by atoms with Crippen LogP contribution in [0.15, 0.2) is 54.9 Å². The van der Waals surface area contributed by atoms with Crippen molar-refractivity contribution >= 4 is 23.3 Å². The first kappa shape index (κ1) is 26.3. The molecule has 1 aliphatic carbocycles. The zero-order valence-corrected chi connectivity index (χ0v) is 22.6. The molecule has 0 atom stereocenters. The maximum absolute atomic E-state index is 14.6. The number of imidazole rings is 1. The molecule has 1 fully saturated rings. The van der Waals surface area contributed by atoms with Crippen LogP contribution >= 0.6 is 0 Å². The Hall–Kier alpha value is -4.27. The average molecular weight is 529 g/mol. The Labute approximate surface area is 227 Å². The average Bonchev–Trinajstić information content (AvgIpc) is 3.61. The van der Waals surface area contributed by atoms with Gasteiger partial charge in [0.1, 0.15) is 5.82 Å². The predicted molar refractivity (Wildman–Crippen MR) is 150 cm³/mol. The lowest BCUT2D eigenvalue weighted by Gasteiger charge is -2.14. The minimum Gasteiger partial charge on any atom is -0.367 e. The molecule has 5 rings (SSSR count). The number of carbonyl (C=O) groups is 2. The Kier molecular flexibility index (Phi) is 7.32. The van der Waals surface area contributed by atoms with Crippen molar-refractivity contribution in [2.45, 2.75) is 52.6 Å². The molecule has 0 aliphatic heterocycles. The van der Waals surface area contributed by atoms with Gasteiger partial charge in [0.25, 0.3) is 11.8 Å². The Morgan fingerprint density at radius 1 is 1.03 bits per heavy atom. The third-order valence-corrected chi connectivity index (χ3v) is 6.45. The van der Waals surface area contributed by atoms with Crippen molar-refractivity contribution in [2.24, 2.45) is 5.92 Å². The molecule has 1 aliphatic rings. The second-order valence-electron chi connectivity index (χ2n) is 10.7. The monoisotopic (exact) mass is 528 g/mol. The lowest BCUT2D eigenvalue weighted by atomic mass is 10.1. The number of carbonyl (C=O) groups excluding carboxylic acids is 2. The van der Waals surface area contributed by atoms with E-state index in [4.69, 9.17) is 4.98 Å². The molecule has 0 saturated heterocycles. The van der Waals surface area contributed by atoms with Gasteiger partial charge in [-0.05, 0) is 62.9 Å². The zero-order valence-electron chi connectivity index (χ0n) is 22.6. The molecular weight excluding hydrogens is 495 g/mol. The molecule has 2 heterocycles. The maximum atomic E-state index is 14.6. The Balaban J connectivity index is 1.56. The molecule has 202 valence electrons. The fourth-order valence-electron chi connectivity index (χ4n) is 4.25. The van der Waals surface area contributed by atoms with Crippen LogP contribution in [0.4, 0.5) is 10.2 Å². The molecule has 4 aromatic rings. The normalized spacial score (nSPS) is 13.2. The Bertz CT molecular complexity index is 1520. The van der Waals surface area contributed by atoms with Crippen molar-refractivity contribution in [3.05, 3.63) is 71.8 Å². The third-order valence-electron chi connectivity index (χ3n) is 6.45. The molecule has 3 N–H and O–H groups in total. The molecule has 0 spiro atoms. The van der Waals surface area contributed by atoms with Gasteiger partial charge in [0, 0.05) is 41.5 Å². The highest BCUT2D eigenvalue weighted by atomic mass is 19.1. The predicted octanol–water partition coefficient (Wildman–Crippen LogP) is 5.30. The van der Waals surface area contributed by atoms with Gasteiger partial charge in [-0.3, -0.25) is 14.0 Å². The Morgan fingerprint density at radius 3 is 2.41 bits per heavy atom. The highest BCUT2D eigenvalue weighted by Gasteiger charge is 2.24. The van der Waals surface area contributed by atoms with Crippen LogP contribution in [0, 0.1) is 11.7 Å². The summed E-state index contributed by atoms with van der Waals surface area (Å²) >= 11 is 0. The number of aromatic nitrogens is 3. The van der Waals surface area contributed by atoms with Crippen molar-refractivity contribution in [2.75, 3.05) is 11.9 Å². The molecule has 9 heteroatoms. The minimum atomic E-state index is -0.592. The summed E-state index contributed by atoms with van der Waals surface area (Å²) in [6, 6.07) is 12.0.